The predicted octanol–water partition coefficient (Wildman–Crippen LogP) is -0.0728. The number of halogens is 1. The molecule has 34 heavy (non-hydrogen) atoms. The first-order chi connectivity index (χ1) is 16.2. The Hall–Kier alpha value is -2.55. The van der Waals surface area contributed by atoms with Gasteiger partial charge in [0.2, 0.25) is 12.5 Å². The summed E-state index contributed by atoms with van der Waals surface area (Å²) in [6, 6.07) is 10.4. The molecule has 0 spiro atoms. The average Bonchev–Trinajstić information content (AvgIpc) is 3.51. The molecule has 1 fully saturated rings. The van der Waals surface area contributed by atoms with Gasteiger partial charge < -0.3 is 45.9 Å². The van der Waals surface area contributed by atoms with E-state index in [0.29, 0.717) is 18.0 Å². The van der Waals surface area contributed by atoms with Crippen molar-refractivity contribution >= 4 is 10.8 Å². The van der Waals surface area contributed by atoms with E-state index in [9.17, 15) is 5.11 Å². The van der Waals surface area contributed by atoms with Gasteiger partial charge in [0.15, 0.2) is 35.7 Å². The molecule has 180 valence electrons. The number of methoxy groups -OCH3 is 1. The maximum Gasteiger partial charge on any atom is 0.231 e. The van der Waals surface area contributed by atoms with Gasteiger partial charge in [-0.3, -0.25) is 0 Å². The third-order valence-electron chi connectivity index (χ3n) is 6.88. The highest BCUT2D eigenvalue weighted by Crippen LogP contribution is 2.41. The standard InChI is InChI=1S/C26H29N2O5.BrH/c1-30-23-5-4-17-10-22-20-12-25-24(32-16-33-25)11-18(20)6-9-28(22)14-21(17)26(23)31-15-19(29)13-27-7-2-3-8-27;/h4-5,10-12,14,19,29H,2-3,6-9,13,15-16H2,1H3;1H/q+1;/p-1. The lowest BCUT2D eigenvalue weighted by atomic mass is 9.95. The van der Waals surface area contributed by atoms with Crippen LogP contribution in [0.4, 0.5) is 0 Å². The monoisotopic (exact) mass is 528 g/mol. The first-order valence-corrected chi connectivity index (χ1v) is 11.7. The predicted molar refractivity (Wildman–Crippen MR) is 123 cm³/mol. The van der Waals surface area contributed by atoms with Gasteiger partial charge in [0.05, 0.1) is 18.1 Å². The van der Waals surface area contributed by atoms with Crippen molar-refractivity contribution in [2.75, 3.05) is 40.1 Å². The first kappa shape index (κ1) is 23.2. The molecule has 1 aromatic heterocycles. The largest absolute Gasteiger partial charge is 1.00 e. The van der Waals surface area contributed by atoms with E-state index in [-0.39, 0.29) is 30.4 Å². The summed E-state index contributed by atoms with van der Waals surface area (Å²) in [4.78, 5) is 2.30. The fourth-order valence-corrected chi connectivity index (χ4v) is 5.20. The number of likely N-dealkylation sites (tertiary alicyclic amines) is 1. The molecule has 3 aliphatic rings. The highest BCUT2D eigenvalue weighted by molar-refractivity contribution is 5.91. The van der Waals surface area contributed by atoms with Crippen LogP contribution in [-0.4, -0.2) is 56.3 Å². The zero-order valence-corrected chi connectivity index (χ0v) is 20.8. The number of rotatable bonds is 6. The van der Waals surface area contributed by atoms with Gasteiger partial charge in [0.1, 0.15) is 12.7 Å². The van der Waals surface area contributed by atoms with Crippen LogP contribution in [0.2, 0.25) is 0 Å². The van der Waals surface area contributed by atoms with E-state index in [1.807, 2.05) is 6.07 Å². The molecule has 2 aromatic carbocycles. The summed E-state index contributed by atoms with van der Waals surface area (Å²) in [5.41, 5.74) is 3.59. The van der Waals surface area contributed by atoms with Crippen molar-refractivity contribution in [2.45, 2.75) is 31.9 Å². The molecule has 7 nitrogen and oxygen atoms in total. The van der Waals surface area contributed by atoms with Crippen LogP contribution in [-0.2, 0) is 13.0 Å². The summed E-state index contributed by atoms with van der Waals surface area (Å²) in [6.45, 7) is 4.13. The lowest BCUT2D eigenvalue weighted by molar-refractivity contribution is -0.686. The highest BCUT2D eigenvalue weighted by atomic mass is 79.9. The Balaban J connectivity index is 0.00000241. The Bertz CT molecular complexity index is 1210. The Morgan fingerprint density at radius 3 is 2.71 bits per heavy atom. The van der Waals surface area contributed by atoms with E-state index in [4.69, 9.17) is 18.9 Å². The van der Waals surface area contributed by atoms with Gasteiger partial charge in [-0.2, -0.15) is 4.57 Å². The first-order valence-electron chi connectivity index (χ1n) is 11.7. The van der Waals surface area contributed by atoms with Gasteiger partial charge in [-0.15, -0.1) is 0 Å². The second-order valence-electron chi connectivity index (χ2n) is 9.04. The minimum atomic E-state index is -0.537. The number of aliphatic hydroxyl groups excluding tert-OH is 1. The number of pyridine rings is 1. The topological polar surface area (TPSA) is 64.3 Å². The van der Waals surface area contributed by atoms with Crippen molar-refractivity contribution in [3.8, 4) is 34.3 Å². The molecule has 0 aliphatic carbocycles. The minimum Gasteiger partial charge on any atom is -1.00 e. The zero-order valence-electron chi connectivity index (χ0n) is 19.3. The summed E-state index contributed by atoms with van der Waals surface area (Å²) in [5.74, 6) is 2.99. The Labute approximate surface area is 209 Å². The van der Waals surface area contributed by atoms with Crippen LogP contribution >= 0.6 is 0 Å². The molecule has 0 amide bonds. The number of ether oxygens (including phenoxy) is 4. The van der Waals surface area contributed by atoms with Crippen LogP contribution in [0.1, 0.15) is 18.4 Å². The van der Waals surface area contributed by atoms with E-state index >= 15 is 0 Å². The van der Waals surface area contributed by atoms with Crippen LogP contribution in [0.15, 0.2) is 36.5 Å². The molecule has 8 heteroatoms. The normalized spacial score (nSPS) is 17.1. The summed E-state index contributed by atoms with van der Waals surface area (Å²) >= 11 is 0. The van der Waals surface area contributed by atoms with Crippen LogP contribution < -0.4 is 40.5 Å². The average molecular weight is 529 g/mol. The van der Waals surface area contributed by atoms with Gasteiger partial charge in [0.25, 0.3) is 0 Å². The van der Waals surface area contributed by atoms with Crippen LogP contribution in [0.5, 0.6) is 23.0 Å². The number of hydrogen-bond acceptors (Lipinski definition) is 6. The van der Waals surface area contributed by atoms with Crippen LogP contribution in [0.25, 0.3) is 22.0 Å². The van der Waals surface area contributed by atoms with Gasteiger partial charge in [-0.1, -0.05) is 0 Å². The van der Waals surface area contributed by atoms with Gasteiger partial charge in [-0.05, 0) is 61.1 Å². The summed E-state index contributed by atoms with van der Waals surface area (Å²) < 4.78 is 25.3. The third kappa shape index (κ3) is 4.19. The molecule has 1 saturated heterocycles. The van der Waals surface area contributed by atoms with Crippen molar-refractivity contribution in [3.05, 3.63) is 42.1 Å². The highest BCUT2D eigenvalue weighted by Gasteiger charge is 2.29. The summed E-state index contributed by atoms with van der Waals surface area (Å²) in [5, 5.41) is 12.6. The molecule has 6 rings (SSSR count). The lowest BCUT2D eigenvalue weighted by Crippen LogP contribution is -3.00. The van der Waals surface area contributed by atoms with Crippen molar-refractivity contribution < 1.29 is 45.6 Å². The minimum absolute atomic E-state index is 0. The maximum absolute atomic E-state index is 10.5. The van der Waals surface area contributed by atoms with E-state index < -0.39 is 6.10 Å². The lowest BCUT2D eigenvalue weighted by Gasteiger charge is -2.21. The van der Waals surface area contributed by atoms with E-state index in [1.54, 1.807) is 7.11 Å². The molecule has 0 radical (unpaired) electrons. The van der Waals surface area contributed by atoms with Gasteiger partial charge in [0, 0.05) is 19.0 Å². The Morgan fingerprint density at radius 2 is 1.91 bits per heavy atom. The number of aromatic nitrogens is 1. The smallest absolute Gasteiger partial charge is 0.231 e. The second-order valence-corrected chi connectivity index (χ2v) is 9.04. The zero-order chi connectivity index (χ0) is 22.4. The van der Waals surface area contributed by atoms with Crippen LogP contribution in [0.3, 0.4) is 0 Å². The number of nitrogens with zero attached hydrogens (tertiary/aromatic N) is 2. The molecular weight excluding hydrogens is 500 g/mol. The SMILES string of the molecule is COc1ccc2cc3[n+](cc2c1OCC(O)CN1CCCC1)CCc1cc2c(cc1-3)OCO2.[Br-]. The van der Waals surface area contributed by atoms with Crippen molar-refractivity contribution in [1.82, 2.24) is 4.90 Å². The van der Waals surface area contributed by atoms with E-state index in [2.05, 4.69) is 39.9 Å². The Morgan fingerprint density at radius 1 is 1.12 bits per heavy atom. The summed E-state index contributed by atoms with van der Waals surface area (Å²) in [6.07, 6.45) is 4.94. The van der Waals surface area contributed by atoms with E-state index in [1.165, 1.54) is 24.0 Å². The number of aliphatic hydroxyl groups is 1. The molecular formula is C26H29BrN2O5. The molecule has 1 unspecified atom stereocenters. The molecule has 1 atom stereocenters. The molecule has 0 bridgehead atoms. The molecule has 3 aliphatic heterocycles. The van der Waals surface area contributed by atoms with Crippen molar-refractivity contribution in [3.63, 3.8) is 0 Å². The molecule has 0 saturated carbocycles. The maximum atomic E-state index is 10.5. The number of fused-ring (bicyclic) bond motifs is 5. The van der Waals surface area contributed by atoms with E-state index in [0.717, 1.165) is 54.0 Å². The third-order valence-corrected chi connectivity index (χ3v) is 6.88. The number of benzene rings is 2. The van der Waals surface area contributed by atoms with Crippen molar-refractivity contribution in [2.24, 2.45) is 0 Å². The molecule has 4 heterocycles. The quantitative estimate of drug-likeness (QED) is 0.452. The van der Waals surface area contributed by atoms with Crippen LogP contribution in [0, 0.1) is 0 Å². The Kier molecular flexibility index (Phi) is 6.55. The second kappa shape index (κ2) is 9.60. The fourth-order valence-electron chi connectivity index (χ4n) is 5.20. The molecule has 1 N–H and O–H groups in total. The van der Waals surface area contributed by atoms with Gasteiger partial charge >= 0.3 is 0 Å². The molecule has 3 aromatic rings. The van der Waals surface area contributed by atoms with Crippen molar-refractivity contribution in [1.29, 1.82) is 0 Å². The number of aryl methyl sites for hydroxylation is 2. The fraction of sp³-hybridized carbons (Fsp3) is 0.423. The number of hydrogen-bond donors (Lipinski definition) is 1. The van der Waals surface area contributed by atoms with Gasteiger partial charge in [-0.25, -0.2) is 0 Å². The number of β-amino-alcohol motifs (C(OH)–C–C–N with tert-alkyl or cyclic N) is 1. The summed E-state index contributed by atoms with van der Waals surface area (Å²) in [7, 11) is 1.65.